The van der Waals surface area contributed by atoms with Gasteiger partial charge in [-0.3, -0.25) is 14.5 Å². The Hall–Kier alpha value is -2.74. The van der Waals surface area contributed by atoms with Gasteiger partial charge in [0.05, 0.1) is 30.1 Å². The van der Waals surface area contributed by atoms with E-state index in [1.807, 2.05) is 20.8 Å². The molecular formula is C22H27FN4O2S. The second-order valence-electron chi connectivity index (χ2n) is 8.19. The Morgan fingerprint density at radius 2 is 2.10 bits per heavy atom. The third-order valence-electron chi connectivity index (χ3n) is 5.63. The second-order valence-corrected chi connectivity index (χ2v) is 9.19. The maximum absolute atomic E-state index is 13.4. The minimum Gasteiger partial charge on any atom is -0.369 e. The second kappa shape index (κ2) is 8.55. The lowest BCUT2D eigenvalue weighted by atomic mass is 9.84. The van der Waals surface area contributed by atoms with E-state index in [-0.39, 0.29) is 42.1 Å². The Balaban J connectivity index is 1.68. The lowest BCUT2D eigenvalue weighted by Gasteiger charge is -2.37. The van der Waals surface area contributed by atoms with Gasteiger partial charge in [-0.15, -0.1) is 11.3 Å². The summed E-state index contributed by atoms with van der Waals surface area (Å²) in [5, 5.41) is 4.61. The number of guanidine groups is 1. The lowest BCUT2D eigenvalue weighted by molar-refractivity contribution is -0.130. The molecule has 1 aromatic carbocycles. The number of nitrogens with one attached hydrogen (secondary N) is 1. The van der Waals surface area contributed by atoms with Gasteiger partial charge in [-0.05, 0) is 43.5 Å². The third-order valence-corrected chi connectivity index (χ3v) is 6.55. The van der Waals surface area contributed by atoms with Crippen molar-refractivity contribution in [1.82, 2.24) is 10.2 Å². The number of halogens is 1. The molecule has 3 rings (SSSR count). The summed E-state index contributed by atoms with van der Waals surface area (Å²) in [5.74, 6) is -0.266. The summed E-state index contributed by atoms with van der Waals surface area (Å²) in [4.78, 5) is 32.1. The van der Waals surface area contributed by atoms with Crippen LogP contribution in [-0.2, 0) is 11.3 Å². The van der Waals surface area contributed by atoms with Gasteiger partial charge in [0.2, 0.25) is 5.91 Å². The Morgan fingerprint density at radius 3 is 2.73 bits per heavy atom. The molecular weight excluding hydrogens is 403 g/mol. The number of nitrogens with two attached hydrogens (primary N) is 1. The van der Waals surface area contributed by atoms with E-state index in [2.05, 4.69) is 10.3 Å². The molecule has 0 saturated heterocycles. The molecule has 0 bridgehead atoms. The predicted octanol–water partition coefficient (Wildman–Crippen LogP) is 3.84. The summed E-state index contributed by atoms with van der Waals surface area (Å²) < 4.78 is 13.4. The van der Waals surface area contributed by atoms with Crippen molar-refractivity contribution in [3.05, 3.63) is 57.5 Å². The fraction of sp³-hybridized carbons (Fsp3) is 0.409. The van der Waals surface area contributed by atoms with Crippen LogP contribution in [0.25, 0.3) is 0 Å². The van der Waals surface area contributed by atoms with Crippen molar-refractivity contribution < 1.29 is 14.0 Å². The van der Waals surface area contributed by atoms with E-state index in [0.29, 0.717) is 17.5 Å². The molecule has 1 aromatic heterocycles. The van der Waals surface area contributed by atoms with E-state index in [4.69, 9.17) is 5.73 Å². The zero-order chi connectivity index (χ0) is 22.1. The van der Waals surface area contributed by atoms with E-state index in [0.717, 1.165) is 4.88 Å². The van der Waals surface area contributed by atoms with Crippen molar-refractivity contribution in [3.8, 4) is 0 Å². The molecule has 30 heavy (non-hydrogen) atoms. The van der Waals surface area contributed by atoms with Crippen LogP contribution in [0.5, 0.6) is 0 Å². The Morgan fingerprint density at radius 1 is 1.37 bits per heavy atom. The Bertz CT molecular complexity index is 987. The molecule has 3 N–H and O–H groups in total. The Labute approximate surface area is 180 Å². The van der Waals surface area contributed by atoms with Gasteiger partial charge in [0.1, 0.15) is 5.82 Å². The summed E-state index contributed by atoms with van der Waals surface area (Å²) in [7, 11) is 0. The molecule has 2 unspecified atom stereocenters. The molecule has 2 heterocycles. The number of nitrogens with zero attached hydrogens (tertiary/aromatic N) is 2. The highest BCUT2D eigenvalue weighted by Gasteiger charge is 2.38. The first-order valence-corrected chi connectivity index (χ1v) is 10.8. The third kappa shape index (κ3) is 4.70. The normalized spacial score (nSPS) is 20.3. The number of benzene rings is 1. The number of carbonyl (C=O) groups excluding carboxylic acids is 2. The van der Waals surface area contributed by atoms with Crippen LogP contribution >= 0.6 is 11.3 Å². The standard InChI is InChI=1S/C22H27FN4O2S/c1-13(2)22(4)10-19(28)27(21(24)26-22)11-18-9-16(12-30-18)20(29)25-14(3)15-6-5-7-17(23)8-15/h5-9,12-14H,10-11H2,1-4H3,(H2,24,26)(H,25,29). The van der Waals surface area contributed by atoms with E-state index in [1.54, 1.807) is 30.5 Å². The maximum Gasteiger partial charge on any atom is 0.252 e. The average Bonchev–Trinajstić information content (AvgIpc) is 3.13. The maximum atomic E-state index is 13.4. The number of hydrogen-bond donors (Lipinski definition) is 2. The van der Waals surface area contributed by atoms with Crippen LogP contribution < -0.4 is 11.1 Å². The van der Waals surface area contributed by atoms with Crippen molar-refractivity contribution in [1.29, 1.82) is 0 Å². The largest absolute Gasteiger partial charge is 0.369 e. The van der Waals surface area contributed by atoms with Crippen molar-refractivity contribution in [2.24, 2.45) is 16.6 Å². The molecule has 0 radical (unpaired) electrons. The fourth-order valence-electron chi connectivity index (χ4n) is 3.27. The summed E-state index contributed by atoms with van der Waals surface area (Å²) in [6.45, 7) is 8.06. The highest BCUT2D eigenvalue weighted by atomic mass is 32.1. The number of hydrogen-bond acceptors (Lipinski definition) is 5. The molecule has 2 aromatic rings. The predicted molar refractivity (Wildman–Crippen MR) is 117 cm³/mol. The highest BCUT2D eigenvalue weighted by Crippen LogP contribution is 2.31. The first-order valence-electron chi connectivity index (χ1n) is 9.88. The van der Waals surface area contributed by atoms with Crippen molar-refractivity contribution in [2.45, 2.75) is 52.2 Å². The van der Waals surface area contributed by atoms with E-state index < -0.39 is 5.54 Å². The highest BCUT2D eigenvalue weighted by molar-refractivity contribution is 7.10. The van der Waals surface area contributed by atoms with Crippen LogP contribution in [0.15, 0.2) is 40.7 Å². The molecule has 160 valence electrons. The summed E-state index contributed by atoms with van der Waals surface area (Å²) in [6, 6.07) is 7.55. The van der Waals surface area contributed by atoms with Gasteiger partial charge in [-0.1, -0.05) is 26.0 Å². The monoisotopic (exact) mass is 430 g/mol. The smallest absolute Gasteiger partial charge is 0.252 e. The molecule has 0 saturated carbocycles. The molecule has 2 amide bonds. The van der Waals surface area contributed by atoms with Crippen molar-refractivity contribution in [3.63, 3.8) is 0 Å². The molecule has 1 aliphatic rings. The molecule has 0 aliphatic carbocycles. The minimum atomic E-state index is -0.495. The van der Waals surface area contributed by atoms with Crippen LogP contribution in [-0.4, -0.2) is 28.2 Å². The molecule has 1 aliphatic heterocycles. The van der Waals surface area contributed by atoms with Crippen LogP contribution in [0.4, 0.5) is 4.39 Å². The number of rotatable bonds is 6. The van der Waals surface area contributed by atoms with Crippen molar-refractivity contribution in [2.75, 3.05) is 0 Å². The SMILES string of the molecule is CC(NC(=O)c1csc(CN2C(=O)CC(C)(C(C)C)N=C2N)c1)c1cccc(F)c1. The van der Waals surface area contributed by atoms with E-state index >= 15 is 0 Å². The topological polar surface area (TPSA) is 87.8 Å². The first-order chi connectivity index (χ1) is 14.1. The van der Waals surface area contributed by atoms with Crippen LogP contribution in [0.2, 0.25) is 0 Å². The molecule has 2 atom stereocenters. The van der Waals surface area contributed by atoms with E-state index in [1.165, 1.54) is 28.4 Å². The van der Waals surface area contributed by atoms with Gasteiger partial charge in [-0.25, -0.2) is 9.38 Å². The number of amides is 2. The molecule has 8 heteroatoms. The van der Waals surface area contributed by atoms with E-state index in [9.17, 15) is 14.0 Å². The number of carbonyl (C=O) groups is 2. The summed E-state index contributed by atoms with van der Waals surface area (Å²) >= 11 is 1.38. The number of thiophene rings is 1. The van der Waals surface area contributed by atoms with Gasteiger partial charge in [0.15, 0.2) is 5.96 Å². The quantitative estimate of drug-likeness (QED) is 0.730. The zero-order valence-corrected chi connectivity index (χ0v) is 18.4. The van der Waals surface area contributed by atoms with Crippen LogP contribution in [0, 0.1) is 11.7 Å². The van der Waals surface area contributed by atoms with Crippen molar-refractivity contribution >= 4 is 29.1 Å². The molecule has 6 nitrogen and oxygen atoms in total. The number of aliphatic imine (C=N–C) groups is 1. The first kappa shape index (κ1) is 22.0. The van der Waals surface area contributed by atoms with Crippen LogP contribution in [0.1, 0.15) is 61.0 Å². The molecule has 0 fully saturated rings. The lowest BCUT2D eigenvalue weighted by Crippen LogP contribution is -2.51. The summed E-state index contributed by atoms with van der Waals surface area (Å²) in [5.41, 5.74) is 6.78. The van der Waals surface area contributed by atoms with Gasteiger partial charge >= 0.3 is 0 Å². The molecule has 0 spiro atoms. The average molecular weight is 431 g/mol. The fourth-order valence-corrected chi connectivity index (χ4v) is 4.12. The van der Waals surface area contributed by atoms with Gasteiger partial charge in [-0.2, -0.15) is 0 Å². The Kier molecular flexibility index (Phi) is 6.26. The van der Waals surface area contributed by atoms with Gasteiger partial charge < -0.3 is 11.1 Å². The van der Waals surface area contributed by atoms with Crippen LogP contribution in [0.3, 0.4) is 0 Å². The minimum absolute atomic E-state index is 0.0715. The zero-order valence-electron chi connectivity index (χ0n) is 17.6. The van der Waals surface area contributed by atoms with Gasteiger partial charge in [0.25, 0.3) is 5.91 Å². The van der Waals surface area contributed by atoms with Gasteiger partial charge in [0, 0.05) is 10.3 Å². The summed E-state index contributed by atoms with van der Waals surface area (Å²) in [6.07, 6.45) is 0.301.